The maximum Gasteiger partial charge on any atom is 0.220 e. The van der Waals surface area contributed by atoms with Crippen LogP contribution in [0.15, 0.2) is 106 Å². The molecule has 126 valence electrons. The highest BCUT2D eigenvalue weighted by Gasteiger charge is 2.05. The molecule has 1 heterocycles. The first-order valence-corrected chi connectivity index (χ1v) is 8.72. The van der Waals surface area contributed by atoms with Crippen LogP contribution in [-0.4, -0.2) is 0 Å². The summed E-state index contributed by atoms with van der Waals surface area (Å²) in [5, 5.41) is 0.684. The summed E-state index contributed by atoms with van der Waals surface area (Å²) in [5.41, 5.74) is 4.53. The molecule has 0 saturated carbocycles. The van der Waals surface area contributed by atoms with Gasteiger partial charge in [-0.1, -0.05) is 72.3 Å². The minimum Gasteiger partial charge on any atom is -0.438 e. The lowest BCUT2D eigenvalue weighted by atomic mass is 10.0. The molecule has 26 heavy (non-hydrogen) atoms. The molecular weight excluding hydrogens is 342 g/mol. The second-order valence-electron chi connectivity index (χ2n) is 5.87. The third-order valence-corrected chi connectivity index (χ3v) is 4.26. The molecule has 0 spiro atoms. The van der Waals surface area contributed by atoms with E-state index < -0.39 is 0 Å². The Kier molecular flexibility index (Phi) is 4.67. The summed E-state index contributed by atoms with van der Waals surface area (Å²) in [6.45, 7) is 0. The smallest absolute Gasteiger partial charge is 0.220 e. The molecule has 0 saturated heterocycles. The molecule has 0 radical (unpaired) electrons. The van der Waals surface area contributed by atoms with Gasteiger partial charge in [-0.05, 0) is 41.5 Å². The molecular formula is C23H16ClNO. The number of benzene rings is 3. The van der Waals surface area contributed by atoms with E-state index in [0.29, 0.717) is 10.6 Å². The van der Waals surface area contributed by atoms with Crippen LogP contribution in [-0.2, 0) is 0 Å². The third kappa shape index (κ3) is 3.76. The predicted octanol–water partition coefficient (Wildman–Crippen LogP) is 6.50. The van der Waals surface area contributed by atoms with Crippen LogP contribution in [0.5, 0.6) is 0 Å². The topological polar surface area (TPSA) is 25.5 Å². The first-order chi connectivity index (χ1) is 12.8. The summed E-state index contributed by atoms with van der Waals surface area (Å²) >= 11 is 5.96. The Bertz CT molecular complexity index is 1010. The van der Waals surface area contributed by atoms with E-state index in [0.717, 1.165) is 28.1 Å². The van der Waals surface area contributed by atoms with Crippen molar-refractivity contribution in [2.75, 3.05) is 0 Å². The van der Waals surface area contributed by atoms with Crippen LogP contribution in [0.3, 0.4) is 0 Å². The van der Waals surface area contributed by atoms with Crippen LogP contribution < -0.4 is 5.55 Å². The quantitative estimate of drug-likeness (QED) is 0.411. The Hall–Kier alpha value is -3.10. The van der Waals surface area contributed by atoms with Gasteiger partial charge in [0.1, 0.15) is 5.76 Å². The summed E-state index contributed by atoms with van der Waals surface area (Å²) in [5.74, 6) is 0.777. The third-order valence-electron chi connectivity index (χ3n) is 4.01. The highest BCUT2D eigenvalue weighted by molar-refractivity contribution is 6.30. The van der Waals surface area contributed by atoms with Crippen LogP contribution >= 0.6 is 11.6 Å². The first kappa shape index (κ1) is 16.4. The molecule has 3 heteroatoms. The Balaban J connectivity index is 1.89. The second kappa shape index (κ2) is 7.42. The lowest BCUT2D eigenvalue weighted by Gasteiger charge is -2.06. The van der Waals surface area contributed by atoms with Gasteiger partial charge in [-0.2, -0.15) is 0 Å². The van der Waals surface area contributed by atoms with Gasteiger partial charge in [-0.15, -0.1) is 0 Å². The molecule has 0 atom stereocenters. The Morgan fingerprint density at radius 3 is 1.88 bits per heavy atom. The van der Waals surface area contributed by atoms with Crippen molar-refractivity contribution in [3.8, 4) is 22.5 Å². The standard InChI is InChI=1S/C23H16ClNO/c24-20-11-13-21(14-12-20)25-23-16-19(17-7-3-1-4-8-17)15-22(26-23)18-9-5-2-6-10-18/h1-16H. The van der Waals surface area contributed by atoms with Crippen LogP contribution in [0.4, 0.5) is 5.69 Å². The lowest BCUT2D eigenvalue weighted by molar-refractivity contribution is 0.512. The van der Waals surface area contributed by atoms with E-state index in [9.17, 15) is 0 Å². The largest absolute Gasteiger partial charge is 0.438 e. The minimum atomic E-state index is 0.549. The van der Waals surface area contributed by atoms with Gasteiger partial charge in [0.15, 0.2) is 0 Å². The molecule has 0 N–H and O–H groups in total. The lowest BCUT2D eigenvalue weighted by Crippen LogP contribution is -2.01. The van der Waals surface area contributed by atoms with E-state index in [1.54, 1.807) is 0 Å². The molecule has 4 aromatic rings. The molecule has 0 bridgehead atoms. The van der Waals surface area contributed by atoms with E-state index in [2.05, 4.69) is 17.1 Å². The predicted molar refractivity (Wildman–Crippen MR) is 106 cm³/mol. The zero-order valence-corrected chi connectivity index (χ0v) is 14.7. The summed E-state index contributed by atoms with van der Waals surface area (Å²) in [6, 6.07) is 31.6. The van der Waals surface area contributed by atoms with Gasteiger partial charge in [-0.3, -0.25) is 0 Å². The van der Waals surface area contributed by atoms with E-state index in [4.69, 9.17) is 16.0 Å². The molecule has 0 fully saturated rings. The number of rotatable bonds is 3. The molecule has 0 aliphatic heterocycles. The fraction of sp³-hybridized carbons (Fsp3) is 0. The number of nitrogens with zero attached hydrogens (tertiary/aromatic N) is 1. The summed E-state index contributed by atoms with van der Waals surface area (Å²) < 4.78 is 6.06. The van der Waals surface area contributed by atoms with Crippen LogP contribution in [0.1, 0.15) is 0 Å². The number of hydrogen-bond acceptors (Lipinski definition) is 2. The molecule has 2 nitrogen and oxygen atoms in total. The molecule has 0 amide bonds. The average Bonchev–Trinajstić information content (AvgIpc) is 2.71. The molecule has 0 unspecified atom stereocenters. The van der Waals surface area contributed by atoms with Crippen molar-refractivity contribution >= 4 is 17.3 Å². The SMILES string of the molecule is Clc1ccc(N=c2cc(-c3ccccc3)cc(-c3ccccc3)o2)cc1. The van der Waals surface area contributed by atoms with Gasteiger partial charge in [0.25, 0.3) is 0 Å². The number of halogens is 1. The molecule has 3 aromatic carbocycles. The molecule has 0 aliphatic carbocycles. The van der Waals surface area contributed by atoms with Crippen LogP contribution in [0, 0.1) is 0 Å². The number of hydrogen-bond donors (Lipinski definition) is 0. The van der Waals surface area contributed by atoms with Crippen molar-refractivity contribution in [2.45, 2.75) is 0 Å². The van der Waals surface area contributed by atoms with Crippen LogP contribution in [0.2, 0.25) is 5.02 Å². The van der Waals surface area contributed by atoms with Crippen molar-refractivity contribution in [3.05, 3.63) is 108 Å². The van der Waals surface area contributed by atoms with E-state index in [1.165, 1.54) is 0 Å². The first-order valence-electron chi connectivity index (χ1n) is 8.34. The zero-order chi connectivity index (χ0) is 17.8. The highest BCUT2D eigenvalue weighted by Crippen LogP contribution is 2.25. The summed E-state index contributed by atoms with van der Waals surface area (Å²) in [7, 11) is 0. The molecule has 0 aliphatic rings. The van der Waals surface area contributed by atoms with Gasteiger partial charge < -0.3 is 4.42 Å². The summed E-state index contributed by atoms with van der Waals surface area (Å²) in [4.78, 5) is 4.63. The highest BCUT2D eigenvalue weighted by atomic mass is 35.5. The van der Waals surface area contributed by atoms with E-state index >= 15 is 0 Å². The van der Waals surface area contributed by atoms with E-state index in [-0.39, 0.29) is 0 Å². The zero-order valence-electron chi connectivity index (χ0n) is 14.0. The Morgan fingerprint density at radius 2 is 1.23 bits per heavy atom. The maximum absolute atomic E-state index is 6.06. The normalized spacial score (nSPS) is 11.5. The van der Waals surface area contributed by atoms with Gasteiger partial charge in [0.2, 0.25) is 5.55 Å². The molecule has 1 aromatic heterocycles. The van der Waals surface area contributed by atoms with Crippen molar-refractivity contribution in [1.29, 1.82) is 0 Å². The van der Waals surface area contributed by atoms with Crippen LogP contribution in [0.25, 0.3) is 22.5 Å². The monoisotopic (exact) mass is 357 g/mol. The maximum atomic E-state index is 6.06. The average molecular weight is 358 g/mol. The fourth-order valence-electron chi connectivity index (χ4n) is 2.73. The fourth-order valence-corrected chi connectivity index (χ4v) is 2.85. The molecule has 4 rings (SSSR count). The van der Waals surface area contributed by atoms with Crippen molar-refractivity contribution in [2.24, 2.45) is 4.99 Å². The van der Waals surface area contributed by atoms with Gasteiger partial charge in [0, 0.05) is 16.7 Å². The van der Waals surface area contributed by atoms with Gasteiger partial charge in [-0.25, -0.2) is 4.99 Å². The Labute approximate surface area is 157 Å². The summed E-state index contributed by atoms with van der Waals surface area (Å²) in [6.07, 6.45) is 0. The second-order valence-corrected chi connectivity index (χ2v) is 6.31. The van der Waals surface area contributed by atoms with Crippen molar-refractivity contribution < 1.29 is 4.42 Å². The van der Waals surface area contributed by atoms with E-state index in [1.807, 2.05) is 84.9 Å². The van der Waals surface area contributed by atoms with Gasteiger partial charge in [0.05, 0.1) is 5.69 Å². The minimum absolute atomic E-state index is 0.549. The van der Waals surface area contributed by atoms with Crippen molar-refractivity contribution in [1.82, 2.24) is 0 Å². The van der Waals surface area contributed by atoms with Crippen molar-refractivity contribution in [3.63, 3.8) is 0 Å². The van der Waals surface area contributed by atoms with Gasteiger partial charge >= 0.3 is 0 Å². The Morgan fingerprint density at radius 1 is 0.615 bits per heavy atom.